The van der Waals surface area contributed by atoms with E-state index in [1.54, 1.807) is 21.0 Å². The lowest BCUT2D eigenvalue weighted by atomic mass is 9.84. The molecule has 0 aliphatic rings. The van der Waals surface area contributed by atoms with Crippen LogP contribution in [0.25, 0.3) is 21.9 Å². The van der Waals surface area contributed by atoms with Crippen molar-refractivity contribution in [3.8, 4) is 5.75 Å². The molecule has 0 unspecified atom stereocenters. The summed E-state index contributed by atoms with van der Waals surface area (Å²) in [4.78, 5) is 11.6. The van der Waals surface area contributed by atoms with Crippen molar-refractivity contribution >= 4 is 27.9 Å². The van der Waals surface area contributed by atoms with Crippen molar-refractivity contribution in [1.82, 2.24) is 0 Å². The largest absolute Gasteiger partial charge is 0.492 e. The molecule has 0 aliphatic carbocycles. The Morgan fingerprint density at radius 3 is 2.26 bits per heavy atom. The number of ether oxygens (including phenoxy) is 1. The first kappa shape index (κ1) is 15.5. The number of aliphatic carboxylic acids is 1. The summed E-state index contributed by atoms with van der Waals surface area (Å²) in [7, 11) is 1.59. The van der Waals surface area contributed by atoms with Crippen molar-refractivity contribution in [3.05, 3.63) is 29.2 Å². The zero-order valence-electron chi connectivity index (χ0n) is 13.9. The summed E-state index contributed by atoms with van der Waals surface area (Å²) in [6.07, 6.45) is 0.339. The third-order valence-electron chi connectivity index (χ3n) is 4.16. The number of benzene rings is 1. The molecule has 2 heterocycles. The Balaban J connectivity index is 2.39. The van der Waals surface area contributed by atoms with Crippen molar-refractivity contribution in [1.29, 1.82) is 0 Å². The van der Waals surface area contributed by atoms with Crippen LogP contribution in [0, 0.1) is 19.3 Å². The summed E-state index contributed by atoms with van der Waals surface area (Å²) in [6, 6.07) is 3.80. The second-order valence-electron chi connectivity index (χ2n) is 6.58. The maximum atomic E-state index is 11.6. The summed E-state index contributed by atoms with van der Waals surface area (Å²) in [6.45, 7) is 7.14. The fraction of sp³-hybridized carbons (Fsp3) is 0.389. The average molecular weight is 316 g/mol. The van der Waals surface area contributed by atoms with Crippen molar-refractivity contribution < 1.29 is 23.5 Å². The lowest BCUT2D eigenvalue weighted by molar-refractivity contribution is -0.146. The molecule has 0 spiro atoms. The molecule has 3 rings (SSSR count). The van der Waals surface area contributed by atoms with Gasteiger partial charge in [-0.3, -0.25) is 4.79 Å². The van der Waals surface area contributed by atoms with Gasteiger partial charge in [-0.1, -0.05) is 0 Å². The fourth-order valence-corrected chi connectivity index (χ4v) is 2.95. The molecule has 0 bridgehead atoms. The minimum atomic E-state index is -0.916. The third-order valence-corrected chi connectivity index (χ3v) is 4.16. The molecule has 0 aliphatic heterocycles. The summed E-state index contributed by atoms with van der Waals surface area (Å²) < 4.78 is 17.2. The Kier molecular flexibility index (Phi) is 3.39. The smallest absolute Gasteiger partial charge is 0.309 e. The average Bonchev–Trinajstić information content (AvgIpc) is 3.01. The highest BCUT2D eigenvalue weighted by atomic mass is 16.5. The summed E-state index contributed by atoms with van der Waals surface area (Å²) >= 11 is 0. The van der Waals surface area contributed by atoms with Gasteiger partial charge in [-0.25, -0.2) is 0 Å². The third kappa shape index (κ3) is 2.36. The van der Waals surface area contributed by atoms with Crippen LogP contribution in [-0.2, 0) is 11.2 Å². The Morgan fingerprint density at radius 1 is 1.13 bits per heavy atom. The maximum Gasteiger partial charge on any atom is 0.309 e. The van der Waals surface area contributed by atoms with E-state index in [2.05, 4.69) is 0 Å². The molecule has 1 aromatic carbocycles. The predicted octanol–water partition coefficient (Wildman–Crippen LogP) is 4.46. The zero-order chi connectivity index (χ0) is 16.9. The molecular weight excluding hydrogens is 296 g/mol. The van der Waals surface area contributed by atoms with Crippen LogP contribution < -0.4 is 4.74 Å². The highest BCUT2D eigenvalue weighted by Gasteiger charge is 2.31. The Labute approximate surface area is 133 Å². The van der Waals surface area contributed by atoms with E-state index in [0.717, 1.165) is 27.9 Å². The van der Waals surface area contributed by atoms with E-state index >= 15 is 0 Å². The number of rotatable bonds is 4. The van der Waals surface area contributed by atoms with E-state index < -0.39 is 11.4 Å². The fourth-order valence-electron chi connectivity index (χ4n) is 2.95. The van der Waals surface area contributed by atoms with Gasteiger partial charge in [0.05, 0.1) is 17.9 Å². The zero-order valence-corrected chi connectivity index (χ0v) is 13.9. The van der Waals surface area contributed by atoms with Gasteiger partial charge >= 0.3 is 5.97 Å². The monoisotopic (exact) mass is 316 g/mol. The van der Waals surface area contributed by atoms with E-state index in [9.17, 15) is 9.90 Å². The number of methoxy groups -OCH3 is 1. The van der Waals surface area contributed by atoms with Crippen LogP contribution in [0.5, 0.6) is 5.75 Å². The molecule has 0 radical (unpaired) electrons. The van der Waals surface area contributed by atoms with E-state index in [4.69, 9.17) is 13.6 Å². The van der Waals surface area contributed by atoms with Gasteiger partial charge in [-0.2, -0.15) is 0 Å². The number of carbonyl (C=O) groups is 1. The lowest BCUT2D eigenvalue weighted by Crippen LogP contribution is -2.26. The van der Waals surface area contributed by atoms with Crippen LogP contribution in [0.4, 0.5) is 0 Å². The summed E-state index contributed by atoms with van der Waals surface area (Å²) in [5.41, 5.74) is 1.23. The number of aryl methyl sites for hydroxylation is 2. The minimum absolute atomic E-state index is 0.339. The first-order valence-electron chi connectivity index (χ1n) is 7.47. The van der Waals surface area contributed by atoms with Gasteiger partial charge < -0.3 is 18.7 Å². The molecule has 2 aromatic heterocycles. The Hall–Kier alpha value is -2.43. The van der Waals surface area contributed by atoms with E-state index in [1.807, 2.05) is 26.0 Å². The number of carboxylic acids is 1. The standard InChI is InChI=1S/C18H20O5/c1-9-6-11-13(8-18(3,4)17(19)20)14-12(7-10(2)22-14)15(21-5)16(11)23-9/h6-7H,8H2,1-5H3,(H,19,20). The maximum absolute atomic E-state index is 11.6. The number of carboxylic acid groups (broad SMARTS) is 1. The van der Waals surface area contributed by atoms with Crippen LogP contribution in [-0.4, -0.2) is 18.2 Å². The molecule has 5 nitrogen and oxygen atoms in total. The van der Waals surface area contributed by atoms with Crippen molar-refractivity contribution in [2.45, 2.75) is 34.1 Å². The van der Waals surface area contributed by atoms with Crippen LogP contribution in [0.1, 0.15) is 30.9 Å². The molecule has 1 N–H and O–H groups in total. The molecule has 0 saturated carbocycles. The quantitative estimate of drug-likeness (QED) is 0.769. The first-order chi connectivity index (χ1) is 10.7. The summed E-state index contributed by atoms with van der Waals surface area (Å²) in [5, 5.41) is 11.1. The first-order valence-corrected chi connectivity index (χ1v) is 7.47. The SMILES string of the molecule is COc1c2cc(C)oc2c(CC(C)(C)C(=O)O)c2cc(C)oc12. The van der Waals surface area contributed by atoms with Gasteiger partial charge in [0.2, 0.25) is 0 Å². The van der Waals surface area contributed by atoms with Crippen LogP contribution in [0.15, 0.2) is 21.0 Å². The topological polar surface area (TPSA) is 72.8 Å². The molecule has 0 atom stereocenters. The molecular formula is C18H20O5. The minimum Gasteiger partial charge on any atom is -0.492 e. The molecule has 122 valence electrons. The molecule has 0 saturated heterocycles. The molecule has 0 fully saturated rings. The van der Waals surface area contributed by atoms with E-state index in [-0.39, 0.29) is 0 Å². The van der Waals surface area contributed by atoms with Gasteiger partial charge in [0, 0.05) is 10.9 Å². The van der Waals surface area contributed by atoms with Crippen molar-refractivity contribution in [3.63, 3.8) is 0 Å². The Morgan fingerprint density at radius 2 is 1.70 bits per heavy atom. The van der Waals surface area contributed by atoms with Gasteiger partial charge in [-0.15, -0.1) is 0 Å². The molecule has 0 amide bonds. The number of hydrogen-bond acceptors (Lipinski definition) is 4. The predicted molar refractivity (Wildman–Crippen MR) is 87.1 cm³/mol. The molecule has 3 aromatic rings. The van der Waals surface area contributed by atoms with E-state index in [0.29, 0.717) is 23.3 Å². The second-order valence-corrected chi connectivity index (χ2v) is 6.58. The number of furan rings is 2. The van der Waals surface area contributed by atoms with Crippen LogP contribution >= 0.6 is 0 Å². The van der Waals surface area contributed by atoms with E-state index in [1.165, 1.54) is 0 Å². The van der Waals surface area contributed by atoms with Gasteiger partial charge in [-0.05, 0) is 46.2 Å². The van der Waals surface area contributed by atoms with Crippen molar-refractivity contribution in [2.75, 3.05) is 7.11 Å². The van der Waals surface area contributed by atoms with Gasteiger partial charge in [0.25, 0.3) is 0 Å². The number of fused-ring (bicyclic) bond motifs is 2. The highest BCUT2D eigenvalue weighted by molar-refractivity contribution is 6.05. The van der Waals surface area contributed by atoms with Gasteiger partial charge in [0.1, 0.15) is 17.1 Å². The van der Waals surface area contributed by atoms with Gasteiger partial charge in [0.15, 0.2) is 11.3 Å². The Bertz CT molecular complexity index is 853. The van der Waals surface area contributed by atoms with Crippen molar-refractivity contribution in [2.24, 2.45) is 5.41 Å². The summed E-state index contributed by atoms with van der Waals surface area (Å²) in [5.74, 6) is 1.27. The lowest BCUT2D eigenvalue weighted by Gasteiger charge is -2.20. The molecule has 23 heavy (non-hydrogen) atoms. The van der Waals surface area contributed by atoms with Crippen LogP contribution in [0.2, 0.25) is 0 Å². The number of hydrogen-bond donors (Lipinski definition) is 1. The van der Waals surface area contributed by atoms with Crippen LogP contribution in [0.3, 0.4) is 0 Å². The normalized spacial score (nSPS) is 12.2. The highest BCUT2D eigenvalue weighted by Crippen LogP contribution is 2.43. The molecule has 5 heteroatoms. The second kappa shape index (κ2) is 5.05.